The molecule has 0 bridgehead atoms. The number of nitrogens with zero attached hydrogens (tertiary/aromatic N) is 2. The first-order valence-electron chi connectivity index (χ1n) is 18.5. The summed E-state index contributed by atoms with van der Waals surface area (Å²) in [5.74, 6) is 0. The second-order valence-electron chi connectivity index (χ2n) is 13.8. The molecule has 0 aliphatic rings. The summed E-state index contributed by atoms with van der Waals surface area (Å²) >= 11 is 0. The van der Waals surface area contributed by atoms with Crippen LogP contribution < -0.4 is 4.90 Å². The van der Waals surface area contributed by atoms with Gasteiger partial charge in [-0.2, -0.15) is 0 Å². The zero-order chi connectivity index (χ0) is 35.8. The Labute approximate surface area is 315 Å². The Kier molecular flexibility index (Phi) is 7.85. The van der Waals surface area contributed by atoms with Crippen molar-refractivity contribution in [1.82, 2.24) is 4.57 Å². The third kappa shape index (κ3) is 5.62. The molecule has 0 aliphatic carbocycles. The third-order valence-electron chi connectivity index (χ3n) is 10.6. The summed E-state index contributed by atoms with van der Waals surface area (Å²) in [5.41, 5.74) is 14.1. The number of aromatic nitrogens is 1. The number of anilines is 3. The number of hydrogen-bond acceptors (Lipinski definition) is 1. The maximum Gasteiger partial charge on any atom is 0.0541 e. The Morgan fingerprint density at radius 3 is 1.48 bits per heavy atom. The van der Waals surface area contributed by atoms with E-state index in [4.69, 9.17) is 0 Å². The Bertz CT molecular complexity index is 2850. The largest absolute Gasteiger partial charge is 0.310 e. The van der Waals surface area contributed by atoms with Crippen molar-refractivity contribution in [3.05, 3.63) is 218 Å². The maximum atomic E-state index is 2.39. The molecule has 2 heteroatoms. The highest BCUT2D eigenvalue weighted by atomic mass is 15.1. The summed E-state index contributed by atoms with van der Waals surface area (Å²) in [5, 5.41) is 4.97. The topological polar surface area (TPSA) is 8.17 Å². The highest BCUT2D eigenvalue weighted by molar-refractivity contribution is 6.09. The van der Waals surface area contributed by atoms with Gasteiger partial charge < -0.3 is 9.47 Å². The van der Waals surface area contributed by atoms with Crippen LogP contribution in [0.2, 0.25) is 0 Å². The van der Waals surface area contributed by atoms with Crippen molar-refractivity contribution in [2.45, 2.75) is 0 Å². The van der Waals surface area contributed by atoms with Crippen LogP contribution >= 0.6 is 0 Å². The van der Waals surface area contributed by atoms with Gasteiger partial charge in [-0.1, -0.05) is 158 Å². The fourth-order valence-corrected chi connectivity index (χ4v) is 7.95. The van der Waals surface area contributed by atoms with E-state index in [1.165, 1.54) is 66.0 Å². The van der Waals surface area contributed by atoms with E-state index >= 15 is 0 Å². The van der Waals surface area contributed by atoms with Crippen LogP contribution in [0.3, 0.4) is 0 Å². The molecule has 0 fully saturated rings. The van der Waals surface area contributed by atoms with E-state index in [9.17, 15) is 0 Å². The molecular formula is C52H36N2. The minimum Gasteiger partial charge on any atom is -0.310 e. The minimum absolute atomic E-state index is 1.10. The summed E-state index contributed by atoms with van der Waals surface area (Å²) < 4.78 is 2.37. The van der Waals surface area contributed by atoms with Crippen molar-refractivity contribution in [1.29, 1.82) is 0 Å². The molecule has 0 saturated carbocycles. The van der Waals surface area contributed by atoms with Crippen molar-refractivity contribution in [2.24, 2.45) is 0 Å². The monoisotopic (exact) mass is 688 g/mol. The Morgan fingerprint density at radius 2 is 0.796 bits per heavy atom. The molecule has 1 heterocycles. The molecule has 254 valence electrons. The van der Waals surface area contributed by atoms with Crippen LogP contribution in [-0.4, -0.2) is 4.57 Å². The summed E-state index contributed by atoms with van der Waals surface area (Å²) in [6.07, 6.45) is 0. The summed E-state index contributed by atoms with van der Waals surface area (Å²) in [6.45, 7) is 0. The molecule has 10 aromatic rings. The average molecular weight is 689 g/mol. The van der Waals surface area contributed by atoms with Crippen LogP contribution in [0.15, 0.2) is 218 Å². The molecule has 0 N–H and O–H groups in total. The number of rotatable bonds is 7. The van der Waals surface area contributed by atoms with Crippen LogP contribution in [0.4, 0.5) is 17.1 Å². The van der Waals surface area contributed by atoms with Crippen molar-refractivity contribution in [2.75, 3.05) is 4.90 Å². The predicted molar refractivity (Wildman–Crippen MR) is 229 cm³/mol. The second kappa shape index (κ2) is 13.4. The van der Waals surface area contributed by atoms with Gasteiger partial charge in [0.15, 0.2) is 0 Å². The standard InChI is InChI=1S/C52H36N2/c1-3-13-37(14-4-1)41-23-24-43-36-46(34-29-42(43)35-41)53(50-20-10-7-17-47(50)40-15-5-2-6-16-40)44-30-25-38(26-31-44)39-27-32-45(33-28-39)54-51-21-11-8-18-48(51)49-19-9-12-22-52(49)54/h1-36H. The molecule has 2 nitrogen and oxygen atoms in total. The number of hydrogen-bond donors (Lipinski definition) is 0. The van der Waals surface area contributed by atoms with Crippen molar-refractivity contribution < 1.29 is 0 Å². The minimum atomic E-state index is 1.10. The summed E-state index contributed by atoms with van der Waals surface area (Å²) in [6, 6.07) is 78.8. The van der Waals surface area contributed by atoms with Gasteiger partial charge in [-0.05, 0) is 99.3 Å². The van der Waals surface area contributed by atoms with E-state index in [2.05, 4.69) is 228 Å². The van der Waals surface area contributed by atoms with Crippen molar-refractivity contribution in [3.63, 3.8) is 0 Å². The molecule has 10 rings (SSSR count). The van der Waals surface area contributed by atoms with Crippen LogP contribution in [0.5, 0.6) is 0 Å². The van der Waals surface area contributed by atoms with E-state index in [0.717, 1.165) is 22.7 Å². The zero-order valence-corrected chi connectivity index (χ0v) is 29.7. The predicted octanol–water partition coefficient (Wildman–Crippen LogP) is 14.4. The lowest BCUT2D eigenvalue weighted by Gasteiger charge is -2.28. The third-order valence-corrected chi connectivity index (χ3v) is 10.6. The van der Waals surface area contributed by atoms with Crippen molar-refractivity contribution in [3.8, 4) is 39.1 Å². The van der Waals surface area contributed by atoms with E-state index in [1.807, 2.05) is 0 Å². The van der Waals surface area contributed by atoms with Gasteiger partial charge in [-0.25, -0.2) is 0 Å². The van der Waals surface area contributed by atoms with Gasteiger partial charge in [-0.3, -0.25) is 0 Å². The number of para-hydroxylation sites is 3. The SMILES string of the molecule is c1ccc(-c2ccc3cc(N(c4ccc(-c5ccc(-n6c7ccccc7c7ccccc76)cc5)cc4)c4ccccc4-c4ccccc4)ccc3c2)cc1. The van der Waals surface area contributed by atoms with Gasteiger partial charge in [0, 0.05) is 33.4 Å². The molecular weight excluding hydrogens is 653 g/mol. The molecule has 0 saturated heterocycles. The van der Waals surface area contributed by atoms with Crippen LogP contribution in [0.25, 0.3) is 71.6 Å². The van der Waals surface area contributed by atoms with Gasteiger partial charge in [0.2, 0.25) is 0 Å². The van der Waals surface area contributed by atoms with E-state index in [0.29, 0.717) is 0 Å². The quantitative estimate of drug-likeness (QED) is 0.162. The van der Waals surface area contributed by atoms with Crippen LogP contribution in [0.1, 0.15) is 0 Å². The van der Waals surface area contributed by atoms with E-state index in [-0.39, 0.29) is 0 Å². The lowest BCUT2D eigenvalue weighted by Crippen LogP contribution is -2.11. The Hall–Kier alpha value is -7.16. The number of fused-ring (bicyclic) bond motifs is 4. The van der Waals surface area contributed by atoms with Crippen LogP contribution in [0, 0.1) is 0 Å². The lowest BCUT2D eigenvalue weighted by atomic mass is 9.99. The van der Waals surface area contributed by atoms with E-state index < -0.39 is 0 Å². The first-order chi connectivity index (χ1) is 26.8. The number of benzene rings is 9. The first kappa shape index (κ1) is 31.6. The molecule has 54 heavy (non-hydrogen) atoms. The molecule has 9 aromatic carbocycles. The molecule has 1 aromatic heterocycles. The highest BCUT2D eigenvalue weighted by Crippen LogP contribution is 2.42. The van der Waals surface area contributed by atoms with E-state index in [1.54, 1.807) is 0 Å². The summed E-state index contributed by atoms with van der Waals surface area (Å²) in [7, 11) is 0. The Morgan fingerprint density at radius 1 is 0.315 bits per heavy atom. The molecule has 0 unspecified atom stereocenters. The zero-order valence-electron chi connectivity index (χ0n) is 29.7. The molecule has 0 amide bonds. The van der Waals surface area contributed by atoms with Gasteiger partial charge in [0.1, 0.15) is 0 Å². The smallest absolute Gasteiger partial charge is 0.0541 e. The first-order valence-corrected chi connectivity index (χ1v) is 18.5. The average Bonchev–Trinajstić information content (AvgIpc) is 3.59. The highest BCUT2D eigenvalue weighted by Gasteiger charge is 2.18. The van der Waals surface area contributed by atoms with Gasteiger partial charge >= 0.3 is 0 Å². The van der Waals surface area contributed by atoms with Gasteiger partial charge in [-0.15, -0.1) is 0 Å². The van der Waals surface area contributed by atoms with Gasteiger partial charge in [0.25, 0.3) is 0 Å². The molecule has 0 radical (unpaired) electrons. The summed E-state index contributed by atoms with van der Waals surface area (Å²) in [4.78, 5) is 2.39. The fraction of sp³-hybridized carbons (Fsp3) is 0. The van der Waals surface area contributed by atoms with Gasteiger partial charge in [0.05, 0.1) is 16.7 Å². The van der Waals surface area contributed by atoms with Crippen molar-refractivity contribution >= 4 is 49.6 Å². The normalized spacial score (nSPS) is 11.3. The fourth-order valence-electron chi connectivity index (χ4n) is 7.95. The lowest BCUT2D eigenvalue weighted by molar-refractivity contribution is 1.18. The Balaban J connectivity index is 1.04. The van der Waals surface area contributed by atoms with Crippen LogP contribution in [-0.2, 0) is 0 Å². The maximum absolute atomic E-state index is 2.39. The molecule has 0 atom stereocenters. The molecule has 0 spiro atoms. The molecule has 0 aliphatic heterocycles. The second-order valence-corrected chi connectivity index (χ2v) is 13.8.